The SMILES string of the molecule is CC.O=C(NCCc1ncc(C(F)(F)F)cc1Cl)c1ccccc1. The molecule has 0 atom stereocenters. The van der Waals surface area contributed by atoms with E-state index in [1.165, 1.54) is 0 Å². The van der Waals surface area contributed by atoms with Crippen molar-refractivity contribution in [3.05, 3.63) is 64.4 Å². The molecule has 3 nitrogen and oxygen atoms in total. The minimum Gasteiger partial charge on any atom is -0.352 e. The van der Waals surface area contributed by atoms with E-state index in [0.717, 1.165) is 12.3 Å². The summed E-state index contributed by atoms with van der Waals surface area (Å²) in [6.07, 6.45) is -3.49. The monoisotopic (exact) mass is 358 g/mol. The first kappa shape index (κ1) is 20.0. The number of halogens is 4. The van der Waals surface area contributed by atoms with Crippen LogP contribution < -0.4 is 5.32 Å². The van der Waals surface area contributed by atoms with Crippen LogP contribution in [0.2, 0.25) is 5.02 Å². The Morgan fingerprint density at radius 3 is 2.38 bits per heavy atom. The van der Waals surface area contributed by atoms with Gasteiger partial charge < -0.3 is 5.32 Å². The Morgan fingerprint density at radius 2 is 1.83 bits per heavy atom. The smallest absolute Gasteiger partial charge is 0.352 e. The van der Waals surface area contributed by atoms with Crippen LogP contribution in [0.5, 0.6) is 0 Å². The topological polar surface area (TPSA) is 42.0 Å². The maximum absolute atomic E-state index is 12.5. The second kappa shape index (κ2) is 9.27. The van der Waals surface area contributed by atoms with E-state index in [4.69, 9.17) is 11.6 Å². The number of hydrogen-bond donors (Lipinski definition) is 1. The molecule has 2 rings (SSSR count). The Hall–Kier alpha value is -2.08. The maximum atomic E-state index is 12.5. The van der Waals surface area contributed by atoms with Gasteiger partial charge in [-0.05, 0) is 18.2 Å². The first-order chi connectivity index (χ1) is 11.4. The second-order valence-electron chi connectivity index (χ2n) is 4.52. The van der Waals surface area contributed by atoms with Crippen LogP contribution in [0, 0.1) is 0 Å². The summed E-state index contributed by atoms with van der Waals surface area (Å²) in [5.41, 5.74) is -0.0772. The Balaban J connectivity index is 0.00000139. The second-order valence-corrected chi connectivity index (χ2v) is 4.93. The summed E-state index contributed by atoms with van der Waals surface area (Å²) in [4.78, 5) is 15.5. The molecule has 7 heteroatoms. The Bertz CT molecular complexity index is 661. The molecule has 1 N–H and O–H groups in total. The van der Waals surface area contributed by atoms with E-state index in [9.17, 15) is 18.0 Å². The molecule has 1 heterocycles. The van der Waals surface area contributed by atoms with Gasteiger partial charge in [0.15, 0.2) is 0 Å². The van der Waals surface area contributed by atoms with Crippen molar-refractivity contribution in [3.63, 3.8) is 0 Å². The number of carbonyl (C=O) groups is 1. The highest BCUT2D eigenvalue weighted by Crippen LogP contribution is 2.31. The van der Waals surface area contributed by atoms with Gasteiger partial charge in [-0.25, -0.2) is 0 Å². The molecule has 1 aromatic carbocycles. The third-order valence-corrected chi connectivity index (χ3v) is 3.26. The molecule has 0 aliphatic carbocycles. The number of rotatable bonds is 4. The third kappa shape index (κ3) is 5.85. The zero-order chi connectivity index (χ0) is 18.2. The van der Waals surface area contributed by atoms with E-state index in [1.807, 2.05) is 13.8 Å². The summed E-state index contributed by atoms with van der Waals surface area (Å²) in [5, 5.41) is 2.59. The molecule has 24 heavy (non-hydrogen) atoms. The molecule has 0 saturated heterocycles. The van der Waals surface area contributed by atoms with Crippen LogP contribution in [0.25, 0.3) is 0 Å². The highest BCUT2D eigenvalue weighted by Gasteiger charge is 2.31. The zero-order valence-electron chi connectivity index (χ0n) is 13.3. The molecule has 0 radical (unpaired) electrons. The lowest BCUT2D eigenvalue weighted by Crippen LogP contribution is -2.26. The molecule has 130 valence electrons. The lowest BCUT2D eigenvalue weighted by Gasteiger charge is -2.09. The number of carbonyl (C=O) groups excluding carboxylic acids is 1. The minimum absolute atomic E-state index is 0.0659. The molecule has 0 unspecified atom stereocenters. The fraction of sp³-hybridized carbons (Fsp3) is 0.294. The molecule has 0 saturated carbocycles. The number of nitrogens with zero attached hydrogens (tertiary/aromatic N) is 1. The Kier molecular flexibility index (Phi) is 7.71. The van der Waals surface area contributed by atoms with Crippen LogP contribution in [-0.4, -0.2) is 17.4 Å². The van der Waals surface area contributed by atoms with Crippen LogP contribution >= 0.6 is 11.6 Å². The van der Waals surface area contributed by atoms with Crippen LogP contribution in [0.3, 0.4) is 0 Å². The maximum Gasteiger partial charge on any atom is 0.417 e. The summed E-state index contributed by atoms with van der Waals surface area (Å²) < 4.78 is 37.5. The third-order valence-electron chi connectivity index (χ3n) is 2.93. The molecule has 1 aromatic heterocycles. The summed E-state index contributed by atoms with van der Waals surface area (Å²) >= 11 is 5.79. The van der Waals surface area contributed by atoms with Gasteiger partial charge in [0, 0.05) is 24.7 Å². The molecule has 0 bridgehead atoms. The van der Waals surface area contributed by atoms with Gasteiger partial charge in [-0.2, -0.15) is 13.2 Å². The van der Waals surface area contributed by atoms with E-state index in [1.54, 1.807) is 30.3 Å². The number of aromatic nitrogens is 1. The molecule has 0 spiro atoms. The summed E-state index contributed by atoms with van der Waals surface area (Å²) in [6, 6.07) is 9.44. The zero-order valence-corrected chi connectivity index (χ0v) is 14.1. The molecule has 2 aromatic rings. The van der Waals surface area contributed by atoms with Crippen LogP contribution in [0.1, 0.15) is 35.5 Å². The van der Waals surface area contributed by atoms with Crippen molar-refractivity contribution in [3.8, 4) is 0 Å². The minimum atomic E-state index is -4.48. The number of alkyl halides is 3. The van der Waals surface area contributed by atoms with Crippen LogP contribution in [0.4, 0.5) is 13.2 Å². The fourth-order valence-electron chi connectivity index (χ4n) is 1.79. The van der Waals surface area contributed by atoms with Gasteiger partial charge in [0.1, 0.15) is 0 Å². The van der Waals surface area contributed by atoms with Crippen molar-refractivity contribution < 1.29 is 18.0 Å². The first-order valence-electron chi connectivity index (χ1n) is 7.43. The van der Waals surface area contributed by atoms with Gasteiger partial charge in [-0.3, -0.25) is 9.78 Å². The van der Waals surface area contributed by atoms with Crippen LogP contribution in [-0.2, 0) is 12.6 Å². The highest BCUT2D eigenvalue weighted by molar-refractivity contribution is 6.31. The highest BCUT2D eigenvalue weighted by atomic mass is 35.5. The van der Waals surface area contributed by atoms with E-state index in [-0.39, 0.29) is 23.9 Å². The average molecular weight is 359 g/mol. The summed E-state index contributed by atoms with van der Waals surface area (Å²) in [7, 11) is 0. The molecular formula is C17H18ClF3N2O. The van der Waals surface area contributed by atoms with Crippen LogP contribution in [0.15, 0.2) is 42.6 Å². The van der Waals surface area contributed by atoms with Gasteiger partial charge in [-0.15, -0.1) is 0 Å². The summed E-state index contributed by atoms with van der Waals surface area (Å²) in [5.74, 6) is -0.261. The fourth-order valence-corrected chi connectivity index (χ4v) is 2.05. The van der Waals surface area contributed by atoms with Crippen molar-refractivity contribution in [2.75, 3.05) is 6.54 Å². The van der Waals surface area contributed by atoms with E-state index in [2.05, 4.69) is 10.3 Å². The van der Waals surface area contributed by atoms with Gasteiger partial charge >= 0.3 is 6.18 Å². The van der Waals surface area contributed by atoms with E-state index >= 15 is 0 Å². The van der Waals surface area contributed by atoms with Gasteiger partial charge in [0.25, 0.3) is 5.91 Å². The normalized spacial score (nSPS) is 10.6. The predicted octanol–water partition coefficient (Wildman–Crippen LogP) is 4.75. The summed E-state index contributed by atoms with van der Waals surface area (Å²) in [6.45, 7) is 4.23. The van der Waals surface area contributed by atoms with Crippen molar-refractivity contribution in [1.82, 2.24) is 10.3 Å². The number of benzene rings is 1. The predicted molar refractivity (Wildman–Crippen MR) is 88.1 cm³/mol. The molecule has 0 fully saturated rings. The van der Waals surface area contributed by atoms with E-state index in [0.29, 0.717) is 11.3 Å². The number of amides is 1. The quantitative estimate of drug-likeness (QED) is 0.856. The largest absolute Gasteiger partial charge is 0.417 e. The van der Waals surface area contributed by atoms with Crippen molar-refractivity contribution >= 4 is 17.5 Å². The molecule has 1 amide bonds. The molecular weight excluding hydrogens is 341 g/mol. The Labute approximate surface area is 143 Å². The lowest BCUT2D eigenvalue weighted by atomic mass is 10.2. The lowest BCUT2D eigenvalue weighted by molar-refractivity contribution is -0.137. The first-order valence-corrected chi connectivity index (χ1v) is 7.80. The standard InChI is InChI=1S/C15H12ClF3N2O.C2H6/c16-12-8-11(15(17,18)19)9-21-13(12)6-7-20-14(22)10-4-2-1-3-5-10;1-2/h1-5,8-9H,6-7H2,(H,20,22);1-2H3. The van der Waals surface area contributed by atoms with E-state index < -0.39 is 11.7 Å². The van der Waals surface area contributed by atoms with Crippen molar-refractivity contribution in [1.29, 1.82) is 0 Å². The number of pyridine rings is 1. The molecule has 0 aliphatic heterocycles. The number of nitrogens with one attached hydrogen (secondary N) is 1. The average Bonchev–Trinajstić information content (AvgIpc) is 2.58. The van der Waals surface area contributed by atoms with Crippen molar-refractivity contribution in [2.45, 2.75) is 26.4 Å². The Morgan fingerprint density at radius 1 is 1.21 bits per heavy atom. The number of hydrogen-bond acceptors (Lipinski definition) is 2. The molecule has 0 aliphatic rings. The van der Waals surface area contributed by atoms with Gasteiger partial charge in [-0.1, -0.05) is 43.6 Å². The van der Waals surface area contributed by atoms with Gasteiger partial charge in [0.2, 0.25) is 0 Å². The van der Waals surface area contributed by atoms with Gasteiger partial charge in [0.05, 0.1) is 16.3 Å². The van der Waals surface area contributed by atoms with Crippen molar-refractivity contribution in [2.24, 2.45) is 0 Å².